The number of hydrogen-bond acceptors (Lipinski definition) is 3. The maximum Gasteiger partial charge on any atom is 0.305 e. The highest BCUT2D eigenvalue weighted by molar-refractivity contribution is 5.85. The molecule has 0 amide bonds. The van der Waals surface area contributed by atoms with E-state index in [0.29, 0.717) is 0 Å². The lowest BCUT2D eigenvalue weighted by Gasteiger charge is -2.20. The Hall–Kier alpha value is -1.68. The largest absolute Gasteiger partial charge is 0.481 e. The van der Waals surface area contributed by atoms with Crippen molar-refractivity contribution in [3.05, 3.63) is 35.9 Å². The number of carboxylic acids is 1. The van der Waals surface area contributed by atoms with Crippen molar-refractivity contribution in [3.8, 4) is 0 Å². The van der Waals surface area contributed by atoms with Gasteiger partial charge in [0.25, 0.3) is 0 Å². The Balaban J connectivity index is 2.67. The Kier molecular flexibility index (Phi) is 4.84. The van der Waals surface area contributed by atoms with Crippen LogP contribution < -0.4 is 5.32 Å². The predicted octanol–water partition coefficient (Wildman–Crippen LogP) is 1.77. The molecule has 2 unspecified atom stereocenters. The fourth-order valence-corrected chi connectivity index (χ4v) is 1.63. The minimum Gasteiger partial charge on any atom is -0.481 e. The summed E-state index contributed by atoms with van der Waals surface area (Å²) in [5.41, 5.74) is 1.03. The van der Waals surface area contributed by atoms with Crippen molar-refractivity contribution in [1.82, 2.24) is 5.32 Å². The van der Waals surface area contributed by atoms with Gasteiger partial charge in [-0.1, -0.05) is 30.3 Å². The standard InChI is InChI=1S/C13H17NO3/c1-9(11-6-4-3-5-7-11)14-12(10(2)15)8-13(16)17/h3-7,9,12,14H,8H2,1-2H3,(H,16,17). The maximum absolute atomic E-state index is 11.3. The minimum absolute atomic E-state index is 0.0514. The molecule has 0 aliphatic heterocycles. The molecule has 2 N–H and O–H groups in total. The Bertz CT molecular complexity index is 389. The molecule has 0 aliphatic rings. The molecule has 1 aromatic rings. The number of carboxylic acid groups (broad SMARTS) is 1. The molecular formula is C13H17NO3. The molecular weight excluding hydrogens is 218 g/mol. The summed E-state index contributed by atoms with van der Waals surface area (Å²) in [5.74, 6) is -1.13. The number of benzene rings is 1. The van der Waals surface area contributed by atoms with Crippen LogP contribution in [0, 0.1) is 0 Å². The monoisotopic (exact) mass is 235 g/mol. The van der Waals surface area contributed by atoms with E-state index in [9.17, 15) is 9.59 Å². The molecule has 92 valence electrons. The Morgan fingerprint density at radius 3 is 2.35 bits per heavy atom. The lowest BCUT2D eigenvalue weighted by molar-refractivity contribution is -0.139. The van der Waals surface area contributed by atoms with Crippen molar-refractivity contribution in [1.29, 1.82) is 0 Å². The third kappa shape index (κ3) is 4.36. The molecule has 2 atom stereocenters. The van der Waals surface area contributed by atoms with Gasteiger partial charge in [-0.15, -0.1) is 0 Å². The van der Waals surface area contributed by atoms with Gasteiger partial charge < -0.3 is 10.4 Å². The zero-order chi connectivity index (χ0) is 12.8. The highest BCUT2D eigenvalue weighted by Gasteiger charge is 2.20. The Morgan fingerprint density at radius 1 is 1.29 bits per heavy atom. The summed E-state index contributed by atoms with van der Waals surface area (Å²) in [6.07, 6.45) is -0.188. The lowest BCUT2D eigenvalue weighted by Crippen LogP contribution is -2.38. The average Bonchev–Trinajstić information content (AvgIpc) is 2.28. The first-order chi connectivity index (χ1) is 8.00. The van der Waals surface area contributed by atoms with E-state index in [1.165, 1.54) is 6.92 Å². The van der Waals surface area contributed by atoms with Crippen LogP contribution in [0.5, 0.6) is 0 Å². The van der Waals surface area contributed by atoms with Crippen LogP contribution in [-0.4, -0.2) is 22.9 Å². The van der Waals surface area contributed by atoms with Gasteiger partial charge in [-0.2, -0.15) is 0 Å². The SMILES string of the molecule is CC(=O)C(CC(=O)O)NC(C)c1ccccc1. The smallest absolute Gasteiger partial charge is 0.305 e. The van der Waals surface area contributed by atoms with Gasteiger partial charge in [0.2, 0.25) is 0 Å². The Labute approximate surface area is 101 Å². The van der Waals surface area contributed by atoms with Gasteiger partial charge in [-0.3, -0.25) is 9.59 Å². The number of carbonyl (C=O) groups excluding carboxylic acids is 1. The third-order valence-electron chi connectivity index (χ3n) is 2.62. The first kappa shape index (κ1) is 13.4. The number of rotatable bonds is 6. The molecule has 0 radical (unpaired) electrons. The molecule has 1 aromatic carbocycles. The van der Waals surface area contributed by atoms with Gasteiger partial charge in [0, 0.05) is 6.04 Å². The summed E-state index contributed by atoms with van der Waals surface area (Å²) in [6.45, 7) is 3.31. The fourth-order valence-electron chi connectivity index (χ4n) is 1.63. The van der Waals surface area contributed by atoms with Crippen molar-refractivity contribution in [2.24, 2.45) is 0 Å². The molecule has 0 saturated carbocycles. The quantitative estimate of drug-likeness (QED) is 0.788. The second-order valence-corrected chi connectivity index (χ2v) is 4.06. The van der Waals surface area contributed by atoms with Gasteiger partial charge in [0.1, 0.15) is 5.78 Å². The van der Waals surface area contributed by atoms with Crippen molar-refractivity contribution < 1.29 is 14.7 Å². The van der Waals surface area contributed by atoms with Crippen molar-refractivity contribution >= 4 is 11.8 Å². The third-order valence-corrected chi connectivity index (χ3v) is 2.62. The topological polar surface area (TPSA) is 66.4 Å². The predicted molar refractivity (Wildman–Crippen MR) is 64.7 cm³/mol. The van der Waals surface area contributed by atoms with Gasteiger partial charge in [-0.05, 0) is 19.4 Å². The van der Waals surface area contributed by atoms with Gasteiger partial charge in [0.05, 0.1) is 12.5 Å². The van der Waals surface area contributed by atoms with Gasteiger partial charge in [-0.25, -0.2) is 0 Å². The van der Waals surface area contributed by atoms with E-state index in [0.717, 1.165) is 5.56 Å². The van der Waals surface area contributed by atoms with Crippen molar-refractivity contribution in [2.75, 3.05) is 0 Å². The molecule has 17 heavy (non-hydrogen) atoms. The number of Topliss-reactive ketones (excluding diaryl/α,β-unsaturated/α-hetero) is 1. The summed E-state index contributed by atoms with van der Waals surface area (Å²) < 4.78 is 0. The molecule has 4 heteroatoms. The Morgan fingerprint density at radius 2 is 1.88 bits per heavy atom. The molecule has 0 aliphatic carbocycles. The van der Waals surface area contributed by atoms with E-state index in [4.69, 9.17) is 5.11 Å². The summed E-state index contributed by atoms with van der Waals surface area (Å²) >= 11 is 0. The molecule has 0 spiro atoms. The second kappa shape index (κ2) is 6.15. The molecule has 1 rings (SSSR count). The number of hydrogen-bond donors (Lipinski definition) is 2. The highest BCUT2D eigenvalue weighted by atomic mass is 16.4. The van der Waals surface area contributed by atoms with Crippen LogP contribution in [0.3, 0.4) is 0 Å². The molecule has 0 bridgehead atoms. The van der Waals surface area contributed by atoms with Crippen LogP contribution in [0.15, 0.2) is 30.3 Å². The van der Waals surface area contributed by atoms with E-state index >= 15 is 0 Å². The molecule has 0 fully saturated rings. The molecule has 4 nitrogen and oxygen atoms in total. The van der Waals surface area contributed by atoms with Gasteiger partial charge >= 0.3 is 5.97 Å². The van der Waals surface area contributed by atoms with Crippen molar-refractivity contribution in [2.45, 2.75) is 32.4 Å². The zero-order valence-corrected chi connectivity index (χ0v) is 10.0. The molecule has 0 aromatic heterocycles. The lowest BCUT2D eigenvalue weighted by atomic mass is 10.0. The maximum atomic E-state index is 11.3. The number of ketones is 1. The fraction of sp³-hybridized carbons (Fsp3) is 0.385. The summed E-state index contributed by atoms with van der Waals surface area (Å²) in [5, 5.41) is 11.8. The zero-order valence-electron chi connectivity index (χ0n) is 10.0. The van der Waals surface area contributed by atoms with Crippen LogP contribution in [0.25, 0.3) is 0 Å². The van der Waals surface area contributed by atoms with Crippen LogP contribution in [0.1, 0.15) is 31.9 Å². The van der Waals surface area contributed by atoms with Crippen LogP contribution in [0.2, 0.25) is 0 Å². The average molecular weight is 235 g/mol. The first-order valence-corrected chi connectivity index (χ1v) is 5.54. The van der Waals surface area contributed by atoms with E-state index < -0.39 is 12.0 Å². The van der Waals surface area contributed by atoms with Crippen LogP contribution >= 0.6 is 0 Å². The van der Waals surface area contributed by atoms with Crippen LogP contribution in [0.4, 0.5) is 0 Å². The number of aliphatic carboxylic acids is 1. The summed E-state index contributed by atoms with van der Waals surface area (Å²) in [4.78, 5) is 22.0. The van der Waals surface area contributed by atoms with E-state index in [2.05, 4.69) is 5.32 Å². The highest BCUT2D eigenvalue weighted by Crippen LogP contribution is 2.13. The summed E-state index contributed by atoms with van der Waals surface area (Å²) in [6, 6.07) is 8.93. The van der Waals surface area contributed by atoms with E-state index in [1.54, 1.807) is 0 Å². The van der Waals surface area contributed by atoms with E-state index in [-0.39, 0.29) is 18.2 Å². The van der Waals surface area contributed by atoms with Crippen LogP contribution in [-0.2, 0) is 9.59 Å². The number of carbonyl (C=O) groups is 2. The number of nitrogens with one attached hydrogen (secondary N) is 1. The molecule has 0 heterocycles. The van der Waals surface area contributed by atoms with E-state index in [1.807, 2.05) is 37.3 Å². The van der Waals surface area contributed by atoms with Gasteiger partial charge in [0.15, 0.2) is 0 Å². The second-order valence-electron chi connectivity index (χ2n) is 4.06. The molecule has 0 saturated heterocycles. The normalized spacial score (nSPS) is 14.0. The van der Waals surface area contributed by atoms with Crippen molar-refractivity contribution in [3.63, 3.8) is 0 Å². The summed E-state index contributed by atoms with van der Waals surface area (Å²) in [7, 11) is 0. The first-order valence-electron chi connectivity index (χ1n) is 5.54. The minimum atomic E-state index is -0.974.